The molecule has 3 aromatic rings. The maximum Gasteiger partial charge on any atom is 0.328 e. The van der Waals surface area contributed by atoms with Gasteiger partial charge in [0.25, 0.3) is 0 Å². The minimum Gasteiger partial charge on any atom is -0.331 e. The van der Waals surface area contributed by atoms with Crippen LogP contribution in [0.3, 0.4) is 0 Å². The molecule has 1 heterocycles. The predicted octanol–water partition coefficient (Wildman–Crippen LogP) is 2.76. The topological polar surface area (TPSA) is 68.1 Å². The Morgan fingerprint density at radius 1 is 1.00 bits per heavy atom. The summed E-state index contributed by atoms with van der Waals surface area (Å²) in [5.41, 5.74) is 3.18. The van der Waals surface area contributed by atoms with E-state index in [9.17, 15) is 9.59 Å². The molecule has 0 aliphatic heterocycles. The Labute approximate surface area is 139 Å². The number of carbonyl (C=O) groups excluding carboxylic acids is 1. The summed E-state index contributed by atoms with van der Waals surface area (Å²) in [6.07, 6.45) is 0. The third-order valence-electron chi connectivity index (χ3n) is 4.18. The average molecular weight is 324 g/mol. The molecule has 0 aliphatic carbocycles. The molecule has 2 N–H and O–H groups in total. The van der Waals surface area contributed by atoms with E-state index in [1.807, 2.05) is 43.3 Å². The van der Waals surface area contributed by atoms with Crippen molar-refractivity contribution in [2.24, 2.45) is 14.1 Å². The van der Waals surface area contributed by atoms with Gasteiger partial charge in [0.2, 0.25) is 0 Å². The van der Waals surface area contributed by atoms with Gasteiger partial charge in [0, 0.05) is 19.8 Å². The van der Waals surface area contributed by atoms with Gasteiger partial charge < -0.3 is 10.6 Å². The van der Waals surface area contributed by atoms with Gasteiger partial charge in [-0.1, -0.05) is 30.3 Å². The molecule has 0 radical (unpaired) electrons. The molecule has 24 heavy (non-hydrogen) atoms. The van der Waals surface area contributed by atoms with Crippen LogP contribution in [0.15, 0.2) is 53.3 Å². The Balaban J connectivity index is 1.76. The average Bonchev–Trinajstić information content (AvgIpc) is 2.80. The van der Waals surface area contributed by atoms with E-state index in [4.69, 9.17) is 0 Å². The first-order chi connectivity index (χ1) is 11.5. The van der Waals surface area contributed by atoms with Crippen LogP contribution in [-0.4, -0.2) is 15.2 Å². The first-order valence-corrected chi connectivity index (χ1v) is 7.75. The molecule has 6 nitrogen and oxygen atoms in total. The van der Waals surface area contributed by atoms with Crippen LogP contribution in [0.2, 0.25) is 0 Å². The first kappa shape index (κ1) is 15.9. The molecule has 0 aliphatic rings. The summed E-state index contributed by atoms with van der Waals surface area (Å²) in [5.74, 6) is 0. The molecule has 0 saturated heterocycles. The van der Waals surface area contributed by atoms with E-state index in [0.29, 0.717) is 5.69 Å². The summed E-state index contributed by atoms with van der Waals surface area (Å²) in [6.45, 7) is 1.93. The summed E-state index contributed by atoms with van der Waals surface area (Å²) in [5, 5.41) is 5.72. The van der Waals surface area contributed by atoms with Gasteiger partial charge in [-0.25, -0.2) is 9.59 Å². The standard InChI is InChI=1S/C18H20N4O2/c1-12(13-7-5-4-6-8-13)19-17(23)20-14-9-10-15-16(11-14)22(3)18(24)21(15)2/h4-12H,1-3H3,(H2,19,20,23)/t12-/m0/s1. The van der Waals surface area contributed by atoms with Crippen LogP contribution < -0.4 is 16.3 Å². The van der Waals surface area contributed by atoms with E-state index in [1.165, 1.54) is 0 Å². The van der Waals surface area contributed by atoms with E-state index in [1.54, 1.807) is 35.4 Å². The van der Waals surface area contributed by atoms with Crippen LogP contribution in [0.25, 0.3) is 11.0 Å². The Kier molecular flexibility index (Phi) is 4.12. The van der Waals surface area contributed by atoms with Crippen molar-refractivity contribution in [3.8, 4) is 0 Å². The van der Waals surface area contributed by atoms with Gasteiger partial charge in [-0.05, 0) is 30.7 Å². The molecule has 0 saturated carbocycles. The summed E-state index contributed by atoms with van der Waals surface area (Å²) in [7, 11) is 3.44. The lowest BCUT2D eigenvalue weighted by Crippen LogP contribution is -2.31. The smallest absolute Gasteiger partial charge is 0.328 e. The summed E-state index contributed by atoms with van der Waals surface area (Å²) < 4.78 is 3.14. The number of nitrogens with zero attached hydrogens (tertiary/aromatic N) is 2. The van der Waals surface area contributed by atoms with Crippen molar-refractivity contribution in [2.75, 3.05) is 5.32 Å². The summed E-state index contributed by atoms with van der Waals surface area (Å²) in [4.78, 5) is 24.1. The van der Waals surface area contributed by atoms with Crippen molar-refractivity contribution in [3.63, 3.8) is 0 Å². The number of benzene rings is 2. The van der Waals surface area contributed by atoms with Gasteiger partial charge in [0.05, 0.1) is 17.1 Å². The molecule has 2 aromatic carbocycles. The van der Waals surface area contributed by atoms with Crippen molar-refractivity contribution < 1.29 is 4.79 Å². The molecule has 0 bridgehead atoms. The number of amides is 2. The van der Waals surface area contributed by atoms with Crippen molar-refractivity contribution in [1.82, 2.24) is 14.5 Å². The van der Waals surface area contributed by atoms with Crippen LogP contribution in [0.5, 0.6) is 0 Å². The van der Waals surface area contributed by atoms with Crippen LogP contribution in [0, 0.1) is 0 Å². The van der Waals surface area contributed by atoms with Crippen LogP contribution >= 0.6 is 0 Å². The molecular weight excluding hydrogens is 304 g/mol. The van der Waals surface area contributed by atoms with Gasteiger partial charge in [0.1, 0.15) is 0 Å². The van der Waals surface area contributed by atoms with E-state index < -0.39 is 0 Å². The second-order valence-electron chi connectivity index (χ2n) is 5.83. The van der Waals surface area contributed by atoms with E-state index in [0.717, 1.165) is 16.6 Å². The Morgan fingerprint density at radius 3 is 2.38 bits per heavy atom. The summed E-state index contributed by atoms with van der Waals surface area (Å²) >= 11 is 0. The van der Waals surface area contributed by atoms with Crippen molar-refractivity contribution in [3.05, 3.63) is 64.6 Å². The molecule has 1 atom stereocenters. The third-order valence-corrected chi connectivity index (χ3v) is 4.18. The molecule has 3 rings (SSSR count). The fourth-order valence-corrected chi connectivity index (χ4v) is 2.77. The number of carbonyl (C=O) groups is 1. The zero-order chi connectivity index (χ0) is 17.3. The van der Waals surface area contributed by atoms with Crippen molar-refractivity contribution in [1.29, 1.82) is 0 Å². The highest BCUT2D eigenvalue weighted by molar-refractivity contribution is 5.92. The number of fused-ring (bicyclic) bond motifs is 1. The van der Waals surface area contributed by atoms with Gasteiger partial charge >= 0.3 is 11.7 Å². The van der Waals surface area contributed by atoms with Gasteiger partial charge in [-0.3, -0.25) is 9.13 Å². The highest BCUT2D eigenvalue weighted by atomic mass is 16.2. The number of hydrogen-bond donors (Lipinski definition) is 2. The Hall–Kier alpha value is -3.02. The number of imidazole rings is 1. The monoisotopic (exact) mass is 324 g/mol. The van der Waals surface area contributed by atoms with Crippen molar-refractivity contribution in [2.45, 2.75) is 13.0 Å². The van der Waals surface area contributed by atoms with Gasteiger partial charge in [-0.2, -0.15) is 0 Å². The molecular formula is C18H20N4O2. The minimum atomic E-state index is -0.286. The minimum absolute atomic E-state index is 0.0932. The lowest BCUT2D eigenvalue weighted by molar-refractivity contribution is 0.249. The van der Waals surface area contributed by atoms with E-state index in [-0.39, 0.29) is 17.8 Å². The highest BCUT2D eigenvalue weighted by Crippen LogP contribution is 2.18. The lowest BCUT2D eigenvalue weighted by atomic mass is 10.1. The molecule has 0 spiro atoms. The molecule has 0 unspecified atom stereocenters. The predicted molar refractivity (Wildman–Crippen MR) is 95.2 cm³/mol. The number of urea groups is 1. The number of nitrogens with one attached hydrogen (secondary N) is 2. The number of aromatic nitrogens is 2. The molecule has 0 fully saturated rings. The SMILES string of the molecule is C[C@H](NC(=O)Nc1ccc2c(c1)n(C)c(=O)n2C)c1ccccc1. The second kappa shape index (κ2) is 6.23. The van der Waals surface area contributed by atoms with Crippen molar-refractivity contribution >= 4 is 22.8 Å². The normalized spacial score (nSPS) is 12.1. The quantitative estimate of drug-likeness (QED) is 0.778. The van der Waals surface area contributed by atoms with Crippen LogP contribution in [0.4, 0.5) is 10.5 Å². The first-order valence-electron chi connectivity index (χ1n) is 7.75. The largest absolute Gasteiger partial charge is 0.331 e. The molecule has 2 amide bonds. The number of hydrogen-bond acceptors (Lipinski definition) is 2. The van der Waals surface area contributed by atoms with Crippen LogP contribution in [-0.2, 0) is 14.1 Å². The number of aryl methyl sites for hydroxylation is 2. The third kappa shape index (κ3) is 2.90. The van der Waals surface area contributed by atoms with E-state index >= 15 is 0 Å². The number of anilines is 1. The highest BCUT2D eigenvalue weighted by Gasteiger charge is 2.11. The maximum atomic E-state index is 12.2. The van der Waals surface area contributed by atoms with Gasteiger partial charge in [-0.15, -0.1) is 0 Å². The van der Waals surface area contributed by atoms with Crippen LogP contribution in [0.1, 0.15) is 18.5 Å². The summed E-state index contributed by atoms with van der Waals surface area (Å²) in [6, 6.07) is 14.8. The molecule has 6 heteroatoms. The van der Waals surface area contributed by atoms with Gasteiger partial charge in [0.15, 0.2) is 0 Å². The molecule has 124 valence electrons. The zero-order valence-electron chi connectivity index (χ0n) is 13.9. The molecule has 1 aromatic heterocycles. The fourth-order valence-electron chi connectivity index (χ4n) is 2.77. The number of rotatable bonds is 3. The zero-order valence-corrected chi connectivity index (χ0v) is 13.9. The fraction of sp³-hybridized carbons (Fsp3) is 0.222. The Bertz CT molecular complexity index is 941. The Morgan fingerprint density at radius 2 is 1.67 bits per heavy atom. The lowest BCUT2D eigenvalue weighted by Gasteiger charge is -2.15. The maximum absolute atomic E-state index is 12.2. The van der Waals surface area contributed by atoms with E-state index in [2.05, 4.69) is 10.6 Å². The second-order valence-corrected chi connectivity index (χ2v) is 5.83.